The predicted molar refractivity (Wildman–Crippen MR) is 140 cm³/mol. The number of fused-ring (bicyclic) bond motifs is 2. The normalized spacial score (nSPS) is 24.6. The molecule has 5 rings (SSSR count). The van der Waals surface area contributed by atoms with Crippen LogP contribution in [-0.2, 0) is 16.6 Å². The van der Waals surface area contributed by atoms with Gasteiger partial charge in [-0.1, -0.05) is 18.6 Å². The Labute approximate surface area is 212 Å². The first-order valence-electron chi connectivity index (χ1n) is 12.7. The number of likely N-dealkylation sites (tertiary alicyclic amines) is 1. The quantitative estimate of drug-likeness (QED) is 0.564. The number of benzene rings is 2. The van der Waals surface area contributed by atoms with Crippen LogP contribution in [-0.4, -0.2) is 51.5 Å². The van der Waals surface area contributed by atoms with E-state index < -0.39 is 5.54 Å². The summed E-state index contributed by atoms with van der Waals surface area (Å²) in [5, 5.41) is 6.40. The zero-order chi connectivity index (χ0) is 25.4. The Bertz CT molecular complexity index is 1300. The van der Waals surface area contributed by atoms with Crippen LogP contribution in [0.5, 0.6) is 5.75 Å². The number of carbonyl (C=O) groups is 2. The molecule has 2 fully saturated rings. The van der Waals surface area contributed by atoms with Crippen LogP contribution in [0, 0.1) is 6.92 Å². The highest BCUT2D eigenvalue weighted by Gasteiger charge is 2.51. The van der Waals surface area contributed by atoms with Gasteiger partial charge >= 0.3 is 0 Å². The van der Waals surface area contributed by atoms with Crippen LogP contribution in [0.15, 0.2) is 42.5 Å². The summed E-state index contributed by atoms with van der Waals surface area (Å²) in [5.41, 5.74) is 3.31. The van der Waals surface area contributed by atoms with Crippen molar-refractivity contribution in [3.8, 4) is 5.75 Å². The lowest BCUT2D eigenvalue weighted by molar-refractivity contribution is -0.123. The largest absolute Gasteiger partial charge is 0.497 e. The number of methoxy groups -OCH3 is 1. The maximum atomic E-state index is 13.4. The second kappa shape index (κ2) is 9.58. The SMILES string of the molecule is COc1cccc([C@@H]2C[C@]3(C)NC(=O)CCCC[C@@H]3N2CC(=O)Nc2ccc3c(c2)nc(C)n3C)c1. The van der Waals surface area contributed by atoms with Crippen molar-refractivity contribution in [1.29, 1.82) is 0 Å². The van der Waals surface area contributed by atoms with Gasteiger partial charge in [0, 0.05) is 31.2 Å². The van der Waals surface area contributed by atoms with E-state index in [-0.39, 0.29) is 30.4 Å². The zero-order valence-corrected chi connectivity index (χ0v) is 21.5. The second-order valence-corrected chi connectivity index (χ2v) is 10.4. The maximum Gasteiger partial charge on any atom is 0.238 e. The van der Waals surface area contributed by atoms with Gasteiger partial charge in [-0.15, -0.1) is 0 Å². The van der Waals surface area contributed by atoms with Crippen molar-refractivity contribution in [1.82, 2.24) is 19.8 Å². The van der Waals surface area contributed by atoms with Gasteiger partial charge in [-0.25, -0.2) is 4.98 Å². The van der Waals surface area contributed by atoms with E-state index >= 15 is 0 Å². The molecule has 36 heavy (non-hydrogen) atoms. The highest BCUT2D eigenvalue weighted by Crippen LogP contribution is 2.45. The Morgan fingerprint density at radius 1 is 1.25 bits per heavy atom. The van der Waals surface area contributed by atoms with E-state index in [1.807, 2.05) is 54.9 Å². The maximum absolute atomic E-state index is 13.4. The van der Waals surface area contributed by atoms with Gasteiger partial charge < -0.3 is 19.9 Å². The van der Waals surface area contributed by atoms with Crippen LogP contribution in [0.4, 0.5) is 5.69 Å². The predicted octanol–water partition coefficient (Wildman–Crippen LogP) is 4.09. The Morgan fingerprint density at radius 2 is 2.08 bits per heavy atom. The number of anilines is 1. The van der Waals surface area contributed by atoms with Crippen molar-refractivity contribution >= 4 is 28.5 Å². The molecule has 0 spiro atoms. The number of aryl methyl sites for hydroxylation is 2. The van der Waals surface area contributed by atoms with Crippen molar-refractivity contribution in [3.63, 3.8) is 0 Å². The number of hydrogen-bond donors (Lipinski definition) is 2. The third-order valence-electron chi connectivity index (χ3n) is 7.90. The van der Waals surface area contributed by atoms with Gasteiger partial charge in [0.2, 0.25) is 11.8 Å². The standard InChI is InChI=1S/C28H35N5O3/c1-18-29-22-15-20(12-13-23(22)32(18)3)30-27(35)17-33-24(19-8-7-9-21(14-19)36-4)16-28(2)25(33)10-5-6-11-26(34)31-28/h7-9,12-15,24-25H,5-6,10-11,16-17H2,1-4H3,(H,30,35)(H,31,34)/t24-,25-,28-/m0/s1. The fourth-order valence-corrected chi connectivity index (χ4v) is 6.00. The van der Waals surface area contributed by atoms with Gasteiger partial charge in [-0.3, -0.25) is 14.5 Å². The molecule has 0 radical (unpaired) electrons. The molecule has 3 aromatic rings. The van der Waals surface area contributed by atoms with Crippen LogP contribution in [0.25, 0.3) is 11.0 Å². The molecule has 3 atom stereocenters. The highest BCUT2D eigenvalue weighted by atomic mass is 16.5. The summed E-state index contributed by atoms with van der Waals surface area (Å²) in [7, 11) is 3.65. The average Bonchev–Trinajstić information content (AvgIpc) is 3.27. The van der Waals surface area contributed by atoms with Crippen molar-refractivity contribution in [2.45, 2.75) is 63.6 Å². The molecule has 0 aliphatic carbocycles. The van der Waals surface area contributed by atoms with E-state index in [1.165, 1.54) is 0 Å². The van der Waals surface area contributed by atoms with E-state index in [4.69, 9.17) is 4.74 Å². The van der Waals surface area contributed by atoms with E-state index in [1.54, 1.807) is 7.11 Å². The number of hydrogen-bond acceptors (Lipinski definition) is 5. The fourth-order valence-electron chi connectivity index (χ4n) is 6.00. The smallest absolute Gasteiger partial charge is 0.238 e. The first-order chi connectivity index (χ1) is 17.3. The van der Waals surface area contributed by atoms with Crippen LogP contribution >= 0.6 is 0 Å². The van der Waals surface area contributed by atoms with E-state index in [0.717, 1.165) is 59.5 Å². The second-order valence-electron chi connectivity index (χ2n) is 10.4. The van der Waals surface area contributed by atoms with Crippen molar-refractivity contribution < 1.29 is 14.3 Å². The minimum absolute atomic E-state index is 0.0137. The molecule has 2 saturated heterocycles. The van der Waals surface area contributed by atoms with Crippen LogP contribution in [0.1, 0.15) is 56.5 Å². The van der Waals surface area contributed by atoms with E-state index in [9.17, 15) is 9.59 Å². The molecule has 8 heteroatoms. The molecule has 0 bridgehead atoms. The van der Waals surface area contributed by atoms with E-state index in [2.05, 4.69) is 33.5 Å². The number of carbonyl (C=O) groups excluding carboxylic acids is 2. The Hall–Kier alpha value is -3.39. The molecule has 190 valence electrons. The summed E-state index contributed by atoms with van der Waals surface area (Å²) in [6.45, 7) is 4.33. The molecule has 2 aliphatic rings. The van der Waals surface area contributed by atoms with Crippen LogP contribution in [0.3, 0.4) is 0 Å². The topological polar surface area (TPSA) is 88.5 Å². The third-order valence-corrected chi connectivity index (χ3v) is 7.90. The summed E-state index contributed by atoms with van der Waals surface area (Å²) in [6, 6.07) is 13.9. The van der Waals surface area contributed by atoms with Gasteiger partial charge in [0.1, 0.15) is 11.6 Å². The lowest BCUT2D eigenvalue weighted by atomic mass is 9.85. The molecule has 2 amide bonds. The van der Waals surface area contributed by atoms with Crippen LogP contribution < -0.4 is 15.4 Å². The van der Waals surface area contributed by atoms with Crippen LogP contribution in [0.2, 0.25) is 0 Å². The van der Waals surface area contributed by atoms with Gasteiger partial charge in [-0.2, -0.15) is 0 Å². The highest BCUT2D eigenvalue weighted by molar-refractivity contribution is 5.94. The molecule has 2 aliphatic heterocycles. The number of amides is 2. The minimum atomic E-state index is -0.407. The molecule has 0 unspecified atom stereocenters. The molecule has 2 aromatic carbocycles. The Morgan fingerprint density at radius 3 is 2.89 bits per heavy atom. The summed E-state index contributed by atoms with van der Waals surface area (Å²) >= 11 is 0. The summed E-state index contributed by atoms with van der Waals surface area (Å²) in [5.74, 6) is 1.73. The molecular formula is C28H35N5O3. The summed E-state index contributed by atoms with van der Waals surface area (Å²) in [6.07, 6.45) is 4.06. The zero-order valence-electron chi connectivity index (χ0n) is 21.5. The minimum Gasteiger partial charge on any atom is -0.497 e. The number of nitrogens with zero attached hydrogens (tertiary/aromatic N) is 3. The number of aromatic nitrogens is 2. The van der Waals surface area contributed by atoms with Crippen molar-refractivity contribution in [2.24, 2.45) is 7.05 Å². The number of ether oxygens (including phenoxy) is 1. The fraction of sp³-hybridized carbons (Fsp3) is 0.464. The molecule has 1 aromatic heterocycles. The summed E-state index contributed by atoms with van der Waals surface area (Å²) in [4.78, 5) is 32.8. The van der Waals surface area contributed by atoms with Gasteiger partial charge in [0.05, 0.1) is 30.2 Å². The molecule has 2 N–H and O–H groups in total. The molecule has 3 heterocycles. The number of nitrogens with one attached hydrogen (secondary N) is 2. The monoisotopic (exact) mass is 489 g/mol. The van der Waals surface area contributed by atoms with Crippen molar-refractivity contribution in [2.75, 3.05) is 19.0 Å². The lowest BCUT2D eigenvalue weighted by Gasteiger charge is -2.38. The van der Waals surface area contributed by atoms with Gasteiger partial charge in [0.25, 0.3) is 0 Å². The molecule has 0 saturated carbocycles. The molecule has 8 nitrogen and oxygen atoms in total. The Kier molecular flexibility index (Phi) is 6.47. The van der Waals surface area contributed by atoms with Crippen molar-refractivity contribution in [3.05, 3.63) is 53.9 Å². The van der Waals surface area contributed by atoms with Gasteiger partial charge in [0.15, 0.2) is 0 Å². The average molecular weight is 490 g/mol. The first-order valence-corrected chi connectivity index (χ1v) is 12.7. The van der Waals surface area contributed by atoms with E-state index in [0.29, 0.717) is 6.42 Å². The number of imidazole rings is 1. The van der Waals surface area contributed by atoms with Gasteiger partial charge in [-0.05, 0) is 69.0 Å². The third kappa shape index (κ3) is 4.57. The molecular weight excluding hydrogens is 454 g/mol. The first kappa shape index (κ1) is 24.3. The Balaban J connectivity index is 1.43. The summed E-state index contributed by atoms with van der Waals surface area (Å²) < 4.78 is 7.52. The number of rotatable bonds is 5. The lowest BCUT2D eigenvalue weighted by Crippen LogP contribution is -2.56.